The first kappa shape index (κ1) is 19.1. The number of aromatic nitrogens is 3. The molecule has 0 saturated carbocycles. The first-order valence-electron chi connectivity index (χ1n) is 9.08. The van der Waals surface area contributed by atoms with Gasteiger partial charge in [0.2, 0.25) is 0 Å². The number of carbonyl (C=O) groups is 2. The van der Waals surface area contributed by atoms with Crippen LogP contribution in [0.25, 0.3) is 5.82 Å². The summed E-state index contributed by atoms with van der Waals surface area (Å²) in [6.07, 6.45) is 4.74. The molecule has 2 aromatic heterocycles. The number of nitrogens with one attached hydrogen (secondary N) is 2. The zero-order chi connectivity index (χ0) is 21.1. The number of hydroxylamine groups is 1. The summed E-state index contributed by atoms with van der Waals surface area (Å²) in [6, 6.07) is 10.1. The molecule has 10 heteroatoms. The summed E-state index contributed by atoms with van der Waals surface area (Å²) in [5, 5.41) is 11.6. The fourth-order valence-electron chi connectivity index (χ4n) is 3.09. The van der Waals surface area contributed by atoms with E-state index in [-0.39, 0.29) is 23.7 Å². The largest absolute Gasteiger partial charge is 0.493 e. The zero-order valence-corrected chi connectivity index (χ0v) is 15.7. The van der Waals surface area contributed by atoms with Crippen molar-refractivity contribution < 1.29 is 19.2 Å². The zero-order valence-electron chi connectivity index (χ0n) is 15.7. The Kier molecular flexibility index (Phi) is 5.12. The van der Waals surface area contributed by atoms with E-state index in [1.807, 2.05) is 0 Å². The monoisotopic (exact) mass is 406 g/mol. The van der Waals surface area contributed by atoms with E-state index in [9.17, 15) is 9.59 Å². The van der Waals surface area contributed by atoms with Crippen LogP contribution in [0.4, 0.5) is 0 Å². The third-order valence-electron chi connectivity index (χ3n) is 4.61. The minimum Gasteiger partial charge on any atom is -0.493 e. The highest BCUT2D eigenvalue weighted by Crippen LogP contribution is 2.36. The van der Waals surface area contributed by atoms with Crippen molar-refractivity contribution in [2.45, 2.75) is 12.3 Å². The number of nitrogens with two attached hydrogens (primary N) is 1. The summed E-state index contributed by atoms with van der Waals surface area (Å²) in [6.45, 7) is 0.316. The predicted molar refractivity (Wildman–Crippen MR) is 105 cm³/mol. The van der Waals surface area contributed by atoms with E-state index in [0.29, 0.717) is 23.7 Å². The van der Waals surface area contributed by atoms with Gasteiger partial charge in [0.1, 0.15) is 11.6 Å². The lowest BCUT2D eigenvalue weighted by atomic mass is 9.96. The molecule has 4 N–H and O–H groups in total. The molecule has 1 amide bonds. The van der Waals surface area contributed by atoms with Crippen LogP contribution >= 0.6 is 0 Å². The van der Waals surface area contributed by atoms with Crippen molar-refractivity contribution >= 4 is 17.7 Å². The summed E-state index contributed by atoms with van der Waals surface area (Å²) in [7, 11) is 0. The molecule has 152 valence electrons. The Morgan fingerprint density at radius 2 is 2.13 bits per heavy atom. The van der Waals surface area contributed by atoms with Crippen LogP contribution in [0, 0.1) is 5.41 Å². The second-order valence-corrected chi connectivity index (χ2v) is 6.65. The Morgan fingerprint density at radius 1 is 1.30 bits per heavy atom. The Hall–Kier alpha value is -4.21. The molecule has 1 aliphatic heterocycles. The molecule has 0 radical (unpaired) electrons. The number of pyridine rings is 1. The highest BCUT2D eigenvalue weighted by atomic mass is 16.7. The number of amidine groups is 1. The molecule has 3 heterocycles. The van der Waals surface area contributed by atoms with Gasteiger partial charge in [-0.25, -0.2) is 14.5 Å². The number of nitrogen functional groups attached to an aromatic ring is 1. The number of ether oxygens (including phenoxy) is 1. The van der Waals surface area contributed by atoms with E-state index in [1.54, 1.807) is 47.4 Å². The average Bonchev–Trinajstić information content (AvgIpc) is 3.42. The fourth-order valence-corrected chi connectivity index (χ4v) is 3.09. The van der Waals surface area contributed by atoms with Crippen molar-refractivity contribution in [3.63, 3.8) is 0 Å². The highest BCUT2D eigenvalue weighted by Gasteiger charge is 2.27. The standard InChI is InChI=1S/C20H18N6O4/c21-19(22)12-2-4-16-15(8-12)14(11-29-16)9-18(27)25-30-20(28)13-3-5-17(23-10-13)26-7-1-6-24-26/h1-8,10,14H,9,11H2,(H3,21,22)(H,25,27). The summed E-state index contributed by atoms with van der Waals surface area (Å²) < 4.78 is 7.12. The van der Waals surface area contributed by atoms with Gasteiger partial charge < -0.3 is 15.3 Å². The maximum atomic E-state index is 12.2. The topological polar surface area (TPSA) is 145 Å². The second-order valence-electron chi connectivity index (χ2n) is 6.65. The van der Waals surface area contributed by atoms with Crippen molar-refractivity contribution in [1.82, 2.24) is 20.2 Å². The minimum atomic E-state index is -0.732. The van der Waals surface area contributed by atoms with E-state index >= 15 is 0 Å². The van der Waals surface area contributed by atoms with Crippen LogP contribution in [0.15, 0.2) is 55.0 Å². The first-order chi connectivity index (χ1) is 14.5. The first-order valence-corrected chi connectivity index (χ1v) is 9.08. The van der Waals surface area contributed by atoms with Crippen LogP contribution < -0.4 is 16.0 Å². The summed E-state index contributed by atoms with van der Waals surface area (Å²) in [4.78, 5) is 33.4. The lowest BCUT2D eigenvalue weighted by Crippen LogP contribution is -2.28. The quantitative estimate of drug-likeness (QED) is 0.329. The van der Waals surface area contributed by atoms with Gasteiger partial charge in [0.15, 0.2) is 5.82 Å². The SMILES string of the molecule is N=C(N)c1ccc2c(c1)C(CC(=O)NOC(=O)c1ccc(-n3cccn3)nc1)CO2. The van der Waals surface area contributed by atoms with Crippen LogP contribution in [0.2, 0.25) is 0 Å². The number of hydrogen-bond acceptors (Lipinski definition) is 7. The molecule has 0 fully saturated rings. The van der Waals surface area contributed by atoms with Gasteiger partial charge in [0.05, 0.1) is 12.2 Å². The minimum absolute atomic E-state index is 0.0537. The Balaban J connectivity index is 1.33. The molecule has 30 heavy (non-hydrogen) atoms. The lowest BCUT2D eigenvalue weighted by Gasteiger charge is -2.10. The molecule has 1 aromatic carbocycles. The van der Waals surface area contributed by atoms with E-state index in [2.05, 4.69) is 15.6 Å². The van der Waals surface area contributed by atoms with Gasteiger partial charge in [-0.3, -0.25) is 10.2 Å². The molecule has 0 aliphatic carbocycles. The number of benzene rings is 1. The van der Waals surface area contributed by atoms with Crippen molar-refractivity contribution in [2.75, 3.05) is 6.61 Å². The maximum Gasteiger partial charge on any atom is 0.364 e. The third kappa shape index (κ3) is 3.97. The van der Waals surface area contributed by atoms with Crippen LogP contribution in [0.3, 0.4) is 0 Å². The predicted octanol–water partition coefficient (Wildman–Crippen LogP) is 1.31. The van der Waals surface area contributed by atoms with Crippen LogP contribution in [0.1, 0.15) is 33.8 Å². The number of amides is 1. The van der Waals surface area contributed by atoms with Crippen LogP contribution in [-0.2, 0) is 9.63 Å². The molecule has 3 aromatic rings. The van der Waals surface area contributed by atoms with Crippen molar-refractivity contribution in [3.05, 3.63) is 71.7 Å². The molecule has 0 saturated heterocycles. The van der Waals surface area contributed by atoms with Crippen molar-refractivity contribution in [1.29, 1.82) is 5.41 Å². The molecule has 1 atom stereocenters. The van der Waals surface area contributed by atoms with Crippen molar-refractivity contribution in [3.8, 4) is 11.6 Å². The van der Waals surface area contributed by atoms with Gasteiger partial charge in [-0.2, -0.15) is 10.6 Å². The maximum absolute atomic E-state index is 12.2. The van der Waals surface area contributed by atoms with Gasteiger partial charge in [0, 0.05) is 42.1 Å². The summed E-state index contributed by atoms with van der Waals surface area (Å²) in [5.74, 6) is -0.297. The Bertz CT molecular complexity index is 1090. The molecular weight excluding hydrogens is 388 g/mol. The normalized spacial score (nSPS) is 14.5. The second kappa shape index (κ2) is 8.03. The molecular formula is C20H18N6O4. The highest BCUT2D eigenvalue weighted by molar-refractivity contribution is 5.95. The lowest BCUT2D eigenvalue weighted by molar-refractivity contribution is -0.130. The number of carbonyl (C=O) groups excluding carboxylic acids is 2. The third-order valence-corrected chi connectivity index (χ3v) is 4.61. The molecule has 0 bridgehead atoms. The number of fused-ring (bicyclic) bond motifs is 1. The molecule has 10 nitrogen and oxygen atoms in total. The number of rotatable bonds is 5. The van der Waals surface area contributed by atoms with Gasteiger partial charge in [-0.05, 0) is 36.4 Å². The van der Waals surface area contributed by atoms with Gasteiger partial charge >= 0.3 is 5.97 Å². The van der Waals surface area contributed by atoms with E-state index in [4.69, 9.17) is 20.7 Å². The summed E-state index contributed by atoms with van der Waals surface area (Å²) in [5.41, 5.74) is 9.22. The molecule has 1 aliphatic rings. The molecule has 4 rings (SSSR count). The Morgan fingerprint density at radius 3 is 2.83 bits per heavy atom. The smallest absolute Gasteiger partial charge is 0.364 e. The number of nitrogens with zero attached hydrogens (tertiary/aromatic N) is 3. The Labute approximate surface area is 171 Å². The number of hydrogen-bond donors (Lipinski definition) is 3. The van der Waals surface area contributed by atoms with E-state index in [0.717, 1.165) is 5.56 Å². The van der Waals surface area contributed by atoms with Crippen LogP contribution in [0.5, 0.6) is 5.75 Å². The van der Waals surface area contributed by atoms with E-state index in [1.165, 1.54) is 12.3 Å². The van der Waals surface area contributed by atoms with Gasteiger partial charge in [-0.1, -0.05) is 0 Å². The molecule has 0 spiro atoms. The van der Waals surface area contributed by atoms with Crippen LogP contribution in [-0.4, -0.2) is 39.1 Å². The average molecular weight is 406 g/mol. The van der Waals surface area contributed by atoms with Gasteiger partial charge in [-0.15, -0.1) is 0 Å². The molecule has 1 unspecified atom stereocenters. The summed E-state index contributed by atoms with van der Waals surface area (Å²) >= 11 is 0. The fraction of sp³-hybridized carbons (Fsp3) is 0.150. The van der Waals surface area contributed by atoms with Crippen molar-refractivity contribution in [2.24, 2.45) is 5.73 Å². The van der Waals surface area contributed by atoms with Gasteiger partial charge in [0.25, 0.3) is 5.91 Å². The van der Waals surface area contributed by atoms with E-state index < -0.39 is 11.9 Å².